The van der Waals surface area contributed by atoms with Crippen molar-refractivity contribution in [2.24, 2.45) is 5.73 Å². The summed E-state index contributed by atoms with van der Waals surface area (Å²) in [7, 11) is 4.34. The minimum Gasteiger partial charge on any atom is -0.326 e. The molecule has 5 heteroatoms. The second-order valence-electron chi connectivity index (χ2n) is 6.06. The highest BCUT2D eigenvalue weighted by molar-refractivity contribution is 5.04. The highest BCUT2D eigenvalue weighted by atomic mass is 15.3. The van der Waals surface area contributed by atoms with Gasteiger partial charge >= 0.3 is 0 Å². The van der Waals surface area contributed by atoms with Crippen LogP contribution in [0, 0.1) is 0 Å². The summed E-state index contributed by atoms with van der Waals surface area (Å²) in [5, 5.41) is 4.59. The van der Waals surface area contributed by atoms with E-state index in [1.165, 1.54) is 0 Å². The Morgan fingerprint density at radius 3 is 2.74 bits per heavy atom. The van der Waals surface area contributed by atoms with Gasteiger partial charge in [-0.3, -0.25) is 9.58 Å². The van der Waals surface area contributed by atoms with Crippen LogP contribution in [0.3, 0.4) is 0 Å². The summed E-state index contributed by atoms with van der Waals surface area (Å²) in [5.74, 6) is 0. The Hall–Kier alpha value is -0.910. The van der Waals surface area contributed by atoms with Crippen molar-refractivity contribution in [1.29, 1.82) is 0 Å². The molecule has 2 N–H and O–H groups in total. The molecule has 0 bridgehead atoms. The lowest BCUT2D eigenvalue weighted by atomic mass is 10.0. The monoisotopic (exact) mass is 265 g/mol. The number of nitrogens with zero attached hydrogens (tertiary/aromatic N) is 4. The van der Waals surface area contributed by atoms with Gasteiger partial charge in [0.25, 0.3) is 0 Å². The third-order valence-corrected chi connectivity index (χ3v) is 4.03. The Morgan fingerprint density at radius 2 is 2.11 bits per heavy atom. The Bertz CT molecular complexity index is 400. The fraction of sp³-hybridized carbons (Fsp3) is 0.786. The van der Waals surface area contributed by atoms with Crippen LogP contribution in [-0.2, 0) is 6.42 Å². The molecule has 2 heterocycles. The number of aromatic nitrogens is 2. The second kappa shape index (κ2) is 6.03. The Kier molecular flexibility index (Phi) is 4.60. The van der Waals surface area contributed by atoms with Crippen LogP contribution in [-0.4, -0.2) is 65.4 Å². The zero-order valence-electron chi connectivity index (χ0n) is 12.6. The van der Waals surface area contributed by atoms with E-state index in [2.05, 4.69) is 48.9 Å². The van der Waals surface area contributed by atoms with E-state index in [4.69, 9.17) is 5.73 Å². The molecule has 1 aliphatic heterocycles. The van der Waals surface area contributed by atoms with Gasteiger partial charge in [0.1, 0.15) is 0 Å². The van der Waals surface area contributed by atoms with Gasteiger partial charge in [0, 0.05) is 50.4 Å². The molecular formula is C14H27N5. The number of hydrogen-bond donors (Lipinski definition) is 1. The van der Waals surface area contributed by atoms with Crippen molar-refractivity contribution >= 4 is 0 Å². The molecule has 0 spiro atoms. The van der Waals surface area contributed by atoms with Gasteiger partial charge in [0.05, 0.1) is 5.69 Å². The maximum absolute atomic E-state index is 6.40. The van der Waals surface area contributed by atoms with Gasteiger partial charge in [0.2, 0.25) is 0 Å². The average molecular weight is 265 g/mol. The van der Waals surface area contributed by atoms with E-state index in [-0.39, 0.29) is 6.04 Å². The molecule has 2 rings (SSSR count). The zero-order valence-corrected chi connectivity index (χ0v) is 12.6. The highest BCUT2D eigenvalue weighted by Gasteiger charge is 2.28. The lowest BCUT2D eigenvalue weighted by molar-refractivity contribution is 0.0971. The fourth-order valence-corrected chi connectivity index (χ4v) is 2.66. The maximum atomic E-state index is 6.40. The number of likely N-dealkylation sites (N-methyl/N-ethyl adjacent to an activating group) is 2. The van der Waals surface area contributed by atoms with E-state index < -0.39 is 0 Å². The van der Waals surface area contributed by atoms with E-state index in [1.54, 1.807) is 0 Å². The number of nitrogens with two attached hydrogens (primary N) is 1. The maximum Gasteiger partial charge on any atom is 0.0640 e. The van der Waals surface area contributed by atoms with Crippen LogP contribution in [0.15, 0.2) is 12.3 Å². The van der Waals surface area contributed by atoms with Crippen molar-refractivity contribution in [3.8, 4) is 0 Å². The predicted octanol–water partition coefficient (Wildman–Crippen LogP) is 0.580. The molecule has 0 aromatic carbocycles. The van der Waals surface area contributed by atoms with Crippen LogP contribution in [0.1, 0.15) is 25.6 Å². The third kappa shape index (κ3) is 3.55. The SMILES string of the molecule is CC(C)n1ccc(CC(N)C2CN(C)CCN2C)n1. The van der Waals surface area contributed by atoms with Crippen molar-refractivity contribution in [3.63, 3.8) is 0 Å². The average Bonchev–Trinajstić information content (AvgIpc) is 2.80. The van der Waals surface area contributed by atoms with Crippen LogP contribution in [0.2, 0.25) is 0 Å². The van der Waals surface area contributed by atoms with Crippen LogP contribution in [0.4, 0.5) is 0 Å². The zero-order chi connectivity index (χ0) is 14.0. The second-order valence-corrected chi connectivity index (χ2v) is 6.06. The smallest absolute Gasteiger partial charge is 0.0640 e. The number of rotatable bonds is 4. The molecule has 0 saturated carbocycles. The molecule has 2 atom stereocenters. The molecular weight excluding hydrogens is 238 g/mol. The van der Waals surface area contributed by atoms with Gasteiger partial charge in [-0.2, -0.15) is 5.10 Å². The number of piperazine rings is 1. The van der Waals surface area contributed by atoms with Gasteiger partial charge in [-0.1, -0.05) is 0 Å². The molecule has 0 radical (unpaired) electrons. The molecule has 1 fully saturated rings. The third-order valence-electron chi connectivity index (χ3n) is 4.03. The fourth-order valence-electron chi connectivity index (χ4n) is 2.66. The molecule has 1 aromatic heterocycles. The first-order valence-electron chi connectivity index (χ1n) is 7.15. The van der Waals surface area contributed by atoms with Crippen molar-refractivity contribution < 1.29 is 0 Å². The molecule has 2 unspecified atom stereocenters. The first-order valence-corrected chi connectivity index (χ1v) is 7.15. The molecule has 1 saturated heterocycles. The molecule has 1 aromatic rings. The quantitative estimate of drug-likeness (QED) is 0.865. The van der Waals surface area contributed by atoms with E-state index in [0.717, 1.165) is 31.7 Å². The minimum absolute atomic E-state index is 0.142. The van der Waals surface area contributed by atoms with Crippen molar-refractivity contribution in [2.45, 2.75) is 38.4 Å². The van der Waals surface area contributed by atoms with Gasteiger partial charge < -0.3 is 10.6 Å². The van der Waals surface area contributed by atoms with Gasteiger partial charge in [-0.05, 0) is 34.0 Å². The summed E-state index contributed by atoms with van der Waals surface area (Å²) < 4.78 is 2.00. The first kappa shape index (κ1) is 14.5. The summed E-state index contributed by atoms with van der Waals surface area (Å²) in [5.41, 5.74) is 7.50. The van der Waals surface area contributed by atoms with Crippen LogP contribution in [0.5, 0.6) is 0 Å². The summed E-state index contributed by atoms with van der Waals surface area (Å²) in [6.45, 7) is 7.54. The lowest BCUT2D eigenvalue weighted by Crippen LogP contribution is -2.58. The summed E-state index contributed by atoms with van der Waals surface area (Å²) >= 11 is 0. The van der Waals surface area contributed by atoms with E-state index in [1.807, 2.05) is 10.9 Å². The Morgan fingerprint density at radius 1 is 1.37 bits per heavy atom. The molecule has 108 valence electrons. The molecule has 0 aliphatic carbocycles. The first-order chi connectivity index (χ1) is 8.97. The minimum atomic E-state index is 0.142. The van der Waals surface area contributed by atoms with E-state index in [9.17, 15) is 0 Å². The van der Waals surface area contributed by atoms with Crippen LogP contribution < -0.4 is 5.73 Å². The molecule has 1 aliphatic rings. The molecule has 19 heavy (non-hydrogen) atoms. The van der Waals surface area contributed by atoms with E-state index in [0.29, 0.717) is 12.1 Å². The topological polar surface area (TPSA) is 50.3 Å². The number of hydrogen-bond acceptors (Lipinski definition) is 4. The van der Waals surface area contributed by atoms with Crippen molar-refractivity contribution in [1.82, 2.24) is 19.6 Å². The van der Waals surface area contributed by atoms with Gasteiger partial charge in [-0.15, -0.1) is 0 Å². The summed E-state index contributed by atoms with van der Waals surface area (Å²) in [6.07, 6.45) is 2.89. The molecule has 5 nitrogen and oxygen atoms in total. The molecule has 0 amide bonds. The Balaban J connectivity index is 1.97. The predicted molar refractivity (Wildman–Crippen MR) is 78.2 cm³/mol. The normalized spacial score (nSPS) is 24.0. The highest BCUT2D eigenvalue weighted by Crippen LogP contribution is 2.13. The van der Waals surface area contributed by atoms with Crippen LogP contribution >= 0.6 is 0 Å². The van der Waals surface area contributed by atoms with Crippen molar-refractivity contribution in [3.05, 3.63) is 18.0 Å². The van der Waals surface area contributed by atoms with Gasteiger partial charge in [-0.25, -0.2) is 0 Å². The summed E-state index contributed by atoms with van der Waals surface area (Å²) in [6, 6.07) is 3.06. The van der Waals surface area contributed by atoms with E-state index >= 15 is 0 Å². The summed E-state index contributed by atoms with van der Waals surface area (Å²) in [4.78, 5) is 4.74. The van der Waals surface area contributed by atoms with Gasteiger partial charge in [0.15, 0.2) is 0 Å². The largest absolute Gasteiger partial charge is 0.326 e. The standard InChI is InChI=1S/C14H27N5/c1-11(2)19-6-5-12(16-19)9-13(15)14-10-17(3)7-8-18(14)4/h5-6,11,13-14H,7-10,15H2,1-4H3. The Labute approximate surface area is 116 Å². The lowest BCUT2D eigenvalue weighted by Gasteiger charge is -2.40. The van der Waals surface area contributed by atoms with Crippen molar-refractivity contribution in [2.75, 3.05) is 33.7 Å². The van der Waals surface area contributed by atoms with Crippen LogP contribution in [0.25, 0.3) is 0 Å².